The van der Waals surface area contributed by atoms with Gasteiger partial charge < -0.3 is 10.4 Å². The highest BCUT2D eigenvalue weighted by Gasteiger charge is 2.34. The first-order valence-corrected chi connectivity index (χ1v) is 6.81. The predicted molar refractivity (Wildman–Crippen MR) is 66.5 cm³/mol. The van der Waals surface area contributed by atoms with Crippen molar-refractivity contribution in [3.63, 3.8) is 0 Å². The van der Waals surface area contributed by atoms with Crippen LogP contribution in [0.5, 0.6) is 0 Å². The molecule has 1 heterocycles. The van der Waals surface area contributed by atoms with Crippen LogP contribution in [0.25, 0.3) is 0 Å². The summed E-state index contributed by atoms with van der Waals surface area (Å²) >= 11 is 0. The average Bonchev–Trinajstić information content (AvgIpc) is 2.23. The van der Waals surface area contributed by atoms with Gasteiger partial charge in [-0.15, -0.1) is 0 Å². The monoisotopic (exact) mass is 226 g/mol. The molecule has 94 valence electrons. The van der Waals surface area contributed by atoms with E-state index in [0.717, 1.165) is 18.8 Å². The number of nitrogens with one attached hydrogen (secondary N) is 1. The molecule has 1 saturated heterocycles. The van der Waals surface area contributed by atoms with Gasteiger partial charge in [-0.1, -0.05) is 0 Å². The third-order valence-corrected chi connectivity index (χ3v) is 4.15. The molecule has 0 amide bonds. The molecule has 1 saturated carbocycles. The van der Waals surface area contributed by atoms with Gasteiger partial charge in [-0.3, -0.25) is 4.90 Å². The molecule has 0 bridgehead atoms. The fourth-order valence-corrected chi connectivity index (χ4v) is 2.97. The van der Waals surface area contributed by atoms with E-state index in [9.17, 15) is 5.11 Å². The van der Waals surface area contributed by atoms with E-state index in [1.807, 2.05) is 0 Å². The minimum Gasteiger partial charge on any atom is -0.393 e. The Bertz CT molecular complexity index is 208. The third kappa shape index (κ3) is 2.96. The lowest BCUT2D eigenvalue weighted by Gasteiger charge is -2.45. The van der Waals surface area contributed by atoms with E-state index in [-0.39, 0.29) is 6.10 Å². The molecule has 2 aliphatic rings. The second kappa shape index (κ2) is 5.48. The predicted octanol–water partition coefficient (Wildman–Crippen LogP) is 1.22. The van der Waals surface area contributed by atoms with Crippen molar-refractivity contribution in [1.29, 1.82) is 0 Å². The van der Waals surface area contributed by atoms with Gasteiger partial charge in [-0.2, -0.15) is 0 Å². The lowest BCUT2D eigenvalue weighted by atomic mass is 9.86. The van der Waals surface area contributed by atoms with Gasteiger partial charge in [0.15, 0.2) is 0 Å². The van der Waals surface area contributed by atoms with Crippen molar-refractivity contribution in [3.8, 4) is 0 Å². The summed E-state index contributed by atoms with van der Waals surface area (Å²) in [5.74, 6) is 0.862. The summed E-state index contributed by atoms with van der Waals surface area (Å²) in [7, 11) is 0. The Hall–Kier alpha value is -0.120. The summed E-state index contributed by atoms with van der Waals surface area (Å²) in [5.41, 5.74) is 0. The van der Waals surface area contributed by atoms with Crippen LogP contribution in [0, 0.1) is 5.92 Å². The molecule has 0 radical (unpaired) electrons. The normalized spacial score (nSPS) is 32.1. The van der Waals surface area contributed by atoms with E-state index < -0.39 is 0 Å². The number of aliphatic hydroxyl groups is 1. The Morgan fingerprint density at radius 3 is 2.38 bits per heavy atom. The van der Waals surface area contributed by atoms with Crippen LogP contribution in [0.1, 0.15) is 39.5 Å². The first-order valence-electron chi connectivity index (χ1n) is 6.81. The van der Waals surface area contributed by atoms with Crippen molar-refractivity contribution in [2.24, 2.45) is 5.92 Å². The van der Waals surface area contributed by atoms with Crippen molar-refractivity contribution in [1.82, 2.24) is 10.2 Å². The second-order valence-corrected chi connectivity index (χ2v) is 5.76. The standard InChI is InChI=1S/C13H26N2O/c1-10(2)15(12-7-13(16)8-12)9-11-3-5-14-6-4-11/h10-14,16H,3-9H2,1-2H3. The molecule has 0 aromatic heterocycles. The number of hydrogen-bond donors (Lipinski definition) is 2. The summed E-state index contributed by atoms with van der Waals surface area (Å²) in [6.45, 7) is 8.17. The van der Waals surface area contributed by atoms with Crippen molar-refractivity contribution < 1.29 is 5.11 Å². The fourth-order valence-electron chi connectivity index (χ4n) is 2.97. The van der Waals surface area contributed by atoms with Gasteiger partial charge in [0.25, 0.3) is 0 Å². The molecule has 2 rings (SSSR count). The number of nitrogens with zero attached hydrogens (tertiary/aromatic N) is 1. The van der Waals surface area contributed by atoms with Gasteiger partial charge in [0.1, 0.15) is 0 Å². The van der Waals surface area contributed by atoms with Crippen LogP contribution in [0.15, 0.2) is 0 Å². The molecule has 3 heteroatoms. The Balaban J connectivity index is 1.82. The summed E-state index contributed by atoms with van der Waals surface area (Å²) < 4.78 is 0. The van der Waals surface area contributed by atoms with Gasteiger partial charge in [0.2, 0.25) is 0 Å². The summed E-state index contributed by atoms with van der Waals surface area (Å²) in [5, 5.41) is 12.8. The molecule has 0 atom stereocenters. The molecular weight excluding hydrogens is 200 g/mol. The summed E-state index contributed by atoms with van der Waals surface area (Å²) in [6.07, 6.45) is 4.59. The van der Waals surface area contributed by atoms with E-state index in [2.05, 4.69) is 24.1 Å². The molecule has 0 aromatic carbocycles. The minimum atomic E-state index is -0.0285. The second-order valence-electron chi connectivity index (χ2n) is 5.76. The highest BCUT2D eigenvalue weighted by atomic mass is 16.3. The first kappa shape index (κ1) is 12.3. The Kier molecular flexibility index (Phi) is 4.22. The highest BCUT2D eigenvalue weighted by molar-refractivity contribution is 4.89. The van der Waals surface area contributed by atoms with E-state index in [1.54, 1.807) is 0 Å². The Labute approximate surface area is 99.2 Å². The molecule has 0 spiro atoms. The minimum absolute atomic E-state index is 0.0285. The molecule has 16 heavy (non-hydrogen) atoms. The zero-order chi connectivity index (χ0) is 11.5. The SMILES string of the molecule is CC(C)N(CC1CCNCC1)C1CC(O)C1. The Morgan fingerprint density at radius 1 is 1.25 bits per heavy atom. The average molecular weight is 226 g/mol. The summed E-state index contributed by atoms with van der Waals surface area (Å²) in [4.78, 5) is 2.61. The molecule has 2 N–H and O–H groups in total. The lowest BCUT2D eigenvalue weighted by molar-refractivity contribution is -0.0195. The van der Waals surface area contributed by atoms with Crippen molar-refractivity contribution in [2.75, 3.05) is 19.6 Å². The van der Waals surface area contributed by atoms with Crippen LogP contribution >= 0.6 is 0 Å². The highest BCUT2D eigenvalue weighted by Crippen LogP contribution is 2.29. The van der Waals surface area contributed by atoms with Gasteiger partial charge in [0, 0.05) is 18.6 Å². The van der Waals surface area contributed by atoms with Gasteiger partial charge >= 0.3 is 0 Å². The van der Waals surface area contributed by atoms with E-state index in [0.29, 0.717) is 12.1 Å². The number of rotatable bonds is 4. The zero-order valence-electron chi connectivity index (χ0n) is 10.7. The van der Waals surface area contributed by atoms with Gasteiger partial charge in [-0.25, -0.2) is 0 Å². The van der Waals surface area contributed by atoms with Crippen molar-refractivity contribution in [3.05, 3.63) is 0 Å². The molecule has 1 aliphatic carbocycles. The van der Waals surface area contributed by atoms with Crippen LogP contribution in [0.2, 0.25) is 0 Å². The first-order chi connectivity index (χ1) is 7.66. The maximum atomic E-state index is 9.42. The number of piperidine rings is 1. The van der Waals surface area contributed by atoms with E-state index >= 15 is 0 Å². The largest absolute Gasteiger partial charge is 0.393 e. The summed E-state index contributed by atoms with van der Waals surface area (Å²) in [6, 6.07) is 1.26. The van der Waals surface area contributed by atoms with Crippen LogP contribution in [0.4, 0.5) is 0 Å². The number of hydrogen-bond acceptors (Lipinski definition) is 3. The zero-order valence-corrected chi connectivity index (χ0v) is 10.7. The van der Waals surface area contributed by atoms with Crippen molar-refractivity contribution in [2.45, 2.75) is 57.7 Å². The van der Waals surface area contributed by atoms with E-state index in [1.165, 1.54) is 32.5 Å². The lowest BCUT2D eigenvalue weighted by Crippen LogP contribution is -2.52. The molecule has 3 nitrogen and oxygen atoms in total. The molecular formula is C13H26N2O. The quantitative estimate of drug-likeness (QED) is 0.756. The van der Waals surface area contributed by atoms with Crippen LogP contribution in [-0.2, 0) is 0 Å². The van der Waals surface area contributed by atoms with Gasteiger partial charge in [-0.05, 0) is 58.5 Å². The van der Waals surface area contributed by atoms with Gasteiger partial charge in [0.05, 0.1) is 6.10 Å². The number of aliphatic hydroxyl groups excluding tert-OH is 1. The molecule has 0 aromatic rings. The van der Waals surface area contributed by atoms with Crippen molar-refractivity contribution >= 4 is 0 Å². The smallest absolute Gasteiger partial charge is 0.0570 e. The van der Waals surface area contributed by atoms with E-state index in [4.69, 9.17) is 0 Å². The maximum absolute atomic E-state index is 9.42. The Morgan fingerprint density at radius 2 is 1.88 bits per heavy atom. The van der Waals surface area contributed by atoms with Crippen LogP contribution in [-0.4, -0.2) is 47.8 Å². The van der Waals surface area contributed by atoms with Crippen LogP contribution < -0.4 is 5.32 Å². The van der Waals surface area contributed by atoms with Crippen LogP contribution in [0.3, 0.4) is 0 Å². The fraction of sp³-hybridized carbons (Fsp3) is 1.00. The molecule has 1 aliphatic heterocycles. The third-order valence-electron chi connectivity index (χ3n) is 4.15. The molecule has 0 unspecified atom stereocenters. The molecule has 2 fully saturated rings. The topological polar surface area (TPSA) is 35.5 Å². The maximum Gasteiger partial charge on any atom is 0.0570 e.